The summed E-state index contributed by atoms with van der Waals surface area (Å²) < 4.78 is 51.3. The number of urea groups is 1. The number of rotatable bonds is 3. The maximum absolute atomic E-state index is 13.0. The fourth-order valence-corrected chi connectivity index (χ4v) is 1.57. The number of nitrogens with one attached hydrogen (secondary N) is 2. The molecule has 0 spiro atoms. The van der Waals surface area contributed by atoms with Crippen LogP contribution in [-0.2, 0) is 4.79 Å². The van der Waals surface area contributed by atoms with Crippen LogP contribution >= 0.6 is 15.9 Å². The Morgan fingerprint density at radius 3 is 2.33 bits per heavy atom. The minimum atomic E-state index is -5.21. The molecule has 0 aliphatic rings. The van der Waals surface area contributed by atoms with Crippen LogP contribution < -0.4 is 10.6 Å². The summed E-state index contributed by atoms with van der Waals surface area (Å²) in [4.78, 5) is 22.3. The summed E-state index contributed by atoms with van der Waals surface area (Å²) in [7, 11) is 0. The lowest BCUT2D eigenvalue weighted by Crippen LogP contribution is -2.62. The summed E-state index contributed by atoms with van der Waals surface area (Å²) >= 11 is 2.96. The van der Waals surface area contributed by atoms with Crippen LogP contribution in [0.1, 0.15) is 6.92 Å². The number of alkyl halides is 3. The van der Waals surface area contributed by atoms with Crippen molar-refractivity contribution in [3.8, 4) is 0 Å². The molecule has 10 heteroatoms. The number of benzene rings is 1. The van der Waals surface area contributed by atoms with E-state index in [2.05, 4.69) is 15.9 Å². The Bertz CT molecular complexity index is 579. The summed E-state index contributed by atoms with van der Waals surface area (Å²) in [6.07, 6.45) is -5.21. The highest BCUT2D eigenvalue weighted by atomic mass is 79.9. The topological polar surface area (TPSA) is 78.4 Å². The van der Waals surface area contributed by atoms with Crippen LogP contribution in [0.15, 0.2) is 22.7 Å². The van der Waals surface area contributed by atoms with Gasteiger partial charge in [-0.25, -0.2) is 14.0 Å². The lowest BCUT2D eigenvalue weighted by atomic mass is 10.0. The molecule has 0 fully saturated rings. The molecule has 0 aliphatic carbocycles. The second-order valence-corrected chi connectivity index (χ2v) is 4.99. The van der Waals surface area contributed by atoms with Gasteiger partial charge in [-0.2, -0.15) is 13.2 Å². The van der Waals surface area contributed by atoms with E-state index in [1.54, 1.807) is 0 Å². The number of hydrogen-bond acceptors (Lipinski definition) is 2. The largest absolute Gasteiger partial charge is 0.479 e. The number of carbonyl (C=O) groups is 2. The van der Waals surface area contributed by atoms with Crippen LogP contribution in [0.5, 0.6) is 0 Å². The summed E-state index contributed by atoms with van der Waals surface area (Å²) in [5.41, 5.74) is -3.63. The molecule has 5 nitrogen and oxygen atoms in total. The van der Waals surface area contributed by atoms with E-state index in [0.29, 0.717) is 6.92 Å². The van der Waals surface area contributed by atoms with Gasteiger partial charge in [0, 0.05) is 4.47 Å². The number of carboxylic acid groups (broad SMARTS) is 1. The van der Waals surface area contributed by atoms with Crippen molar-refractivity contribution < 1.29 is 32.3 Å². The summed E-state index contributed by atoms with van der Waals surface area (Å²) in [6.45, 7) is 0.301. The van der Waals surface area contributed by atoms with E-state index in [4.69, 9.17) is 5.11 Å². The summed E-state index contributed by atoms with van der Waals surface area (Å²) in [5.74, 6) is -3.01. The van der Waals surface area contributed by atoms with Gasteiger partial charge in [0.2, 0.25) is 5.54 Å². The lowest BCUT2D eigenvalue weighted by Gasteiger charge is -2.28. The van der Waals surface area contributed by atoms with E-state index >= 15 is 0 Å². The molecular weight excluding hydrogens is 364 g/mol. The van der Waals surface area contributed by atoms with Crippen molar-refractivity contribution in [3.63, 3.8) is 0 Å². The van der Waals surface area contributed by atoms with E-state index in [9.17, 15) is 27.2 Å². The van der Waals surface area contributed by atoms with Crippen molar-refractivity contribution in [1.82, 2.24) is 5.32 Å². The molecule has 116 valence electrons. The maximum atomic E-state index is 13.0. The first kappa shape index (κ1) is 17.2. The second-order valence-electron chi connectivity index (χ2n) is 4.13. The van der Waals surface area contributed by atoms with E-state index in [0.717, 1.165) is 12.1 Å². The van der Waals surface area contributed by atoms with Gasteiger partial charge in [-0.1, -0.05) is 0 Å². The molecule has 0 heterocycles. The number of anilines is 1. The van der Waals surface area contributed by atoms with E-state index < -0.39 is 29.5 Å². The van der Waals surface area contributed by atoms with E-state index in [1.165, 1.54) is 11.4 Å². The molecular formula is C11H9BrF4N2O3. The third-order valence-electron chi connectivity index (χ3n) is 2.53. The van der Waals surface area contributed by atoms with E-state index in [-0.39, 0.29) is 10.2 Å². The van der Waals surface area contributed by atoms with Gasteiger partial charge in [-0.15, -0.1) is 0 Å². The van der Waals surface area contributed by atoms with Crippen LogP contribution in [-0.4, -0.2) is 28.8 Å². The van der Waals surface area contributed by atoms with Gasteiger partial charge >= 0.3 is 18.2 Å². The zero-order chi connectivity index (χ0) is 16.4. The van der Waals surface area contributed by atoms with Crippen LogP contribution in [0, 0.1) is 5.82 Å². The molecule has 0 aromatic heterocycles. The fourth-order valence-electron chi connectivity index (χ4n) is 1.22. The summed E-state index contributed by atoms with van der Waals surface area (Å²) in [6, 6.07) is 1.70. The van der Waals surface area contributed by atoms with Crippen molar-refractivity contribution in [2.24, 2.45) is 0 Å². The number of halogens is 5. The SMILES string of the molecule is CC(NC(=O)Nc1cc(F)ccc1Br)(C(=O)O)C(F)(F)F. The first-order valence-electron chi connectivity index (χ1n) is 5.31. The molecule has 1 aromatic rings. The smallest absolute Gasteiger partial charge is 0.422 e. The normalized spacial score (nSPS) is 14.2. The van der Waals surface area contributed by atoms with Crippen LogP contribution in [0.4, 0.5) is 28.0 Å². The standard InChI is InChI=1S/C11H9BrF4N2O3/c1-10(8(19)20,11(14,15)16)18-9(21)17-7-4-5(13)2-3-6(7)12/h2-4H,1H3,(H,19,20)(H2,17,18,21). The zero-order valence-corrected chi connectivity index (χ0v) is 12.0. The number of amides is 2. The molecule has 1 aromatic carbocycles. The van der Waals surface area contributed by atoms with Gasteiger partial charge in [-0.3, -0.25) is 0 Å². The number of hydrogen-bond donors (Lipinski definition) is 3. The predicted octanol–water partition coefficient (Wildman–Crippen LogP) is 3.12. The van der Waals surface area contributed by atoms with Crippen molar-refractivity contribution in [2.75, 3.05) is 5.32 Å². The highest BCUT2D eigenvalue weighted by Crippen LogP contribution is 2.31. The molecule has 1 rings (SSSR count). The Kier molecular flexibility index (Phi) is 4.82. The first-order valence-corrected chi connectivity index (χ1v) is 6.11. The fraction of sp³-hybridized carbons (Fsp3) is 0.273. The molecule has 2 amide bonds. The highest BCUT2D eigenvalue weighted by Gasteiger charge is 2.58. The Morgan fingerprint density at radius 2 is 1.86 bits per heavy atom. The maximum Gasteiger partial charge on any atom is 0.422 e. The monoisotopic (exact) mass is 372 g/mol. The molecule has 0 saturated heterocycles. The first-order chi connectivity index (χ1) is 9.47. The van der Waals surface area contributed by atoms with Gasteiger partial charge in [0.25, 0.3) is 0 Å². The summed E-state index contributed by atoms with van der Waals surface area (Å²) in [5, 5.41) is 11.9. The van der Waals surface area contributed by atoms with Crippen LogP contribution in [0.2, 0.25) is 0 Å². The lowest BCUT2D eigenvalue weighted by molar-refractivity contribution is -0.203. The van der Waals surface area contributed by atoms with Gasteiger partial charge in [0.15, 0.2) is 0 Å². The molecule has 0 bridgehead atoms. The minimum Gasteiger partial charge on any atom is -0.479 e. The van der Waals surface area contributed by atoms with Crippen LogP contribution in [0.3, 0.4) is 0 Å². The van der Waals surface area contributed by atoms with Gasteiger partial charge < -0.3 is 15.7 Å². The number of carboxylic acids is 1. The number of aliphatic carboxylic acids is 1. The van der Waals surface area contributed by atoms with Gasteiger partial charge in [0.05, 0.1) is 5.69 Å². The Morgan fingerprint density at radius 1 is 1.29 bits per heavy atom. The van der Waals surface area contributed by atoms with Crippen molar-refractivity contribution in [1.29, 1.82) is 0 Å². The molecule has 1 atom stereocenters. The Hall–Kier alpha value is -1.84. The quantitative estimate of drug-likeness (QED) is 0.713. The van der Waals surface area contributed by atoms with Gasteiger partial charge in [0.1, 0.15) is 5.82 Å². The average Bonchev–Trinajstić information content (AvgIpc) is 2.32. The van der Waals surface area contributed by atoms with E-state index in [1.807, 2.05) is 5.32 Å². The predicted molar refractivity (Wildman–Crippen MR) is 68.4 cm³/mol. The second kappa shape index (κ2) is 5.88. The third kappa shape index (κ3) is 3.84. The minimum absolute atomic E-state index is 0.151. The molecule has 1 unspecified atom stereocenters. The molecule has 0 aliphatic heterocycles. The van der Waals surface area contributed by atoms with Crippen molar-refractivity contribution in [3.05, 3.63) is 28.5 Å². The Balaban J connectivity index is 2.95. The highest BCUT2D eigenvalue weighted by molar-refractivity contribution is 9.10. The molecule has 21 heavy (non-hydrogen) atoms. The van der Waals surface area contributed by atoms with Gasteiger partial charge in [-0.05, 0) is 41.1 Å². The van der Waals surface area contributed by atoms with Crippen molar-refractivity contribution >= 4 is 33.6 Å². The Labute approximate surface area is 124 Å². The van der Waals surface area contributed by atoms with Crippen LogP contribution in [0.25, 0.3) is 0 Å². The molecule has 3 N–H and O–H groups in total. The number of carbonyl (C=O) groups excluding carboxylic acids is 1. The molecule has 0 radical (unpaired) electrons. The molecule has 0 saturated carbocycles. The third-order valence-corrected chi connectivity index (χ3v) is 3.23. The average molecular weight is 373 g/mol. The zero-order valence-electron chi connectivity index (χ0n) is 10.4. The van der Waals surface area contributed by atoms with Crippen molar-refractivity contribution in [2.45, 2.75) is 18.6 Å².